The second-order valence-corrected chi connectivity index (χ2v) is 6.08. The van der Waals surface area contributed by atoms with E-state index >= 15 is 0 Å². The van der Waals surface area contributed by atoms with Crippen LogP contribution in [0.3, 0.4) is 0 Å². The van der Waals surface area contributed by atoms with Gasteiger partial charge in [0.2, 0.25) is 0 Å². The number of hydrogen-bond donors (Lipinski definition) is 2. The standard InChI is InChI=1S/C19H21N3O2/c23-18(21-16-10-2-1-3-11-16)19(24)22-20-13-15-9-6-8-14-7-4-5-12-17(14)15/h4-9,12-13,16H,1-3,10-11H2,(H,21,23)(H,22,24)/b20-13-. The molecule has 0 saturated heterocycles. The summed E-state index contributed by atoms with van der Waals surface area (Å²) in [6.45, 7) is 0. The number of amides is 2. The Labute approximate surface area is 141 Å². The SMILES string of the molecule is O=C(N/N=C\c1cccc2ccccc12)C(=O)NC1CCCCC1. The summed E-state index contributed by atoms with van der Waals surface area (Å²) in [4.78, 5) is 23.7. The van der Waals surface area contributed by atoms with Crippen molar-refractivity contribution in [3.63, 3.8) is 0 Å². The molecule has 0 aliphatic heterocycles. The fourth-order valence-electron chi connectivity index (χ4n) is 3.07. The summed E-state index contributed by atoms with van der Waals surface area (Å²) in [6, 6.07) is 13.9. The summed E-state index contributed by atoms with van der Waals surface area (Å²) in [5.41, 5.74) is 3.19. The molecule has 2 amide bonds. The number of nitrogens with one attached hydrogen (secondary N) is 2. The Morgan fingerprint density at radius 1 is 0.958 bits per heavy atom. The zero-order valence-corrected chi connectivity index (χ0v) is 13.5. The van der Waals surface area contributed by atoms with Crippen LogP contribution in [0.2, 0.25) is 0 Å². The summed E-state index contributed by atoms with van der Waals surface area (Å²) in [7, 11) is 0. The summed E-state index contributed by atoms with van der Waals surface area (Å²) >= 11 is 0. The van der Waals surface area contributed by atoms with Crippen LogP contribution in [-0.4, -0.2) is 24.1 Å². The molecule has 2 aromatic rings. The van der Waals surface area contributed by atoms with Crippen LogP contribution >= 0.6 is 0 Å². The molecule has 1 aliphatic rings. The zero-order chi connectivity index (χ0) is 16.8. The van der Waals surface area contributed by atoms with Gasteiger partial charge in [-0.05, 0) is 23.6 Å². The van der Waals surface area contributed by atoms with Gasteiger partial charge in [-0.15, -0.1) is 0 Å². The van der Waals surface area contributed by atoms with E-state index in [0.717, 1.165) is 42.0 Å². The third-order valence-corrected chi connectivity index (χ3v) is 4.34. The highest BCUT2D eigenvalue weighted by molar-refractivity contribution is 6.35. The second kappa shape index (κ2) is 7.73. The molecule has 5 heteroatoms. The summed E-state index contributed by atoms with van der Waals surface area (Å²) < 4.78 is 0. The van der Waals surface area contributed by atoms with E-state index in [1.165, 1.54) is 6.42 Å². The van der Waals surface area contributed by atoms with Gasteiger partial charge in [0.1, 0.15) is 0 Å². The van der Waals surface area contributed by atoms with Crippen LogP contribution < -0.4 is 10.7 Å². The first-order valence-electron chi connectivity index (χ1n) is 8.36. The molecule has 1 saturated carbocycles. The summed E-state index contributed by atoms with van der Waals surface area (Å²) in [5, 5.41) is 8.84. The van der Waals surface area contributed by atoms with E-state index in [2.05, 4.69) is 15.8 Å². The molecule has 2 aromatic carbocycles. The Hall–Kier alpha value is -2.69. The normalized spacial score (nSPS) is 15.5. The van der Waals surface area contributed by atoms with Crippen molar-refractivity contribution in [2.45, 2.75) is 38.1 Å². The monoisotopic (exact) mass is 323 g/mol. The third-order valence-electron chi connectivity index (χ3n) is 4.34. The number of carbonyl (C=O) groups is 2. The minimum Gasteiger partial charge on any atom is -0.345 e. The molecule has 0 bridgehead atoms. The molecule has 1 aliphatic carbocycles. The minimum absolute atomic E-state index is 0.110. The van der Waals surface area contributed by atoms with Gasteiger partial charge in [-0.25, -0.2) is 5.43 Å². The number of hydrogen-bond acceptors (Lipinski definition) is 3. The Morgan fingerprint density at radius 2 is 1.71 bits per heavy atom. The van der Waals surface area contributed by atoms with E-state index in [4.69, 9.17) is 0 Å². The van der Waals surface area contributed by atoms with Gasteiger partial charge in [0.15, 0.2) is 0 Å². The number of rotatable bonds is 3. The predicted molar refractivity (Wildman–Crippen MR) is 94.7 cm³/mol. The van der Waals surface area contributed by atoms with E-state index in [0.29, 0.717) is 0 Å². The van der Waals surface area contributed by atoms with Crippen molar-refractivity contribution < 1.29 is 9.59 Å². The van der Waals surface area contributed by atoms with Gasteiger partial charge in [-0.2, -0.15) is 5.10 Å². The smallest absolute Gasteiger partial charge is 0.329 e. The molecule has 0 radical (unpaired) electrons. The molecule has 1 fully saturated rings. The van der Waals surface area contributed by atoms with Crippen LogP contribution in [0.4, 0.5) is 0 Å². The van der Waals surface area contributed by atoms with E-state index in [9.17, 15) is 9.59 Å². The van der Waals surface area contributed by atoms with Crippen molar-refractivity contribution >= 4 is 28.8 Å². The van der Waals surface area contributed by atoms with Crippen molar-refractivity contribution in [3.8, 4) is 0 Å². The van der Waals surface area contributed by atoms with Crippen molar-refractivity contribution in [1.29, 1.82) is 0 Å². The van der Waals surface area contributed by atoms with Gasteiger partial charge in [0.25, 0.3) is 0 Å². The zero-order valence-electron chi connectivity index (χ0n) is 13.5. The largest absolute Gasteiger partial charge is 0.345 e. The van der Waals surface area contributed by atoms with E-state index in [1.807, 2.05) is 42.5 Å². The first-order valence-corrected chi connectivity index (χ1v) is 8.36. The molecule has 124 valence electrons. The molecule has 0 unspecified atom stereocenters. The average molecular weight is 323 g/mol. The highest BCUT2D eigenvalue weighted by Crippen LogP contribution is 2.17. The molecule has 0 spiro atoms. The molecule has 24 heavy (non-hydrogen) atoms. The topological polar surface area (TPSA) is 70.6 Å². The molecule has 0 atom stereocenters. The second-order valence-electron chi connectivity index (χ2n) is 6.08. The number of carbonyl (C=O) groups excluding carboxylic acids is 2. The molecule has 0 aromatic heterocycles. The molecular weight excluding hydrogens is 302 g/mol. The highest BCUT2D eigenvalue weighted by Gasteiger charge is 2.19. The first kappa shape index (κ1) is 16.2. The van der Waals surface area contributed by atoms with Gasteiger partial charge in [0.05, 0.1) is 6.21 Å². The van der Waals surface area contributed by atoms with Gasteiger partial charge in [-0.1, -0.05) is 61.7 Å². The van der Waals surface area contributed by atoms with Crippen molar-refractivity contribution in [1.82, 2.24) is 10.7 Å². The third kappa shape index (κ3) is 3.98. The molecule has 0 heterocycles. The summed E-state index contributed by atoms with van der Waals surface area (Å²) in [6.07, 6.45) is 6.86. The summed E-state index contributed by atoms with van der Waals surface area (Å²) in [5.74, 6) is -1.34. The van der Waals surface area contributed by atoms with E-state index < -0.39 is 11.8 Å². The van der Waals surface area contributed by atoms with Crippen molar-refractivity contribution in [3.05, 3.63) is 48.0 Å². The molecule has 5 nitrogen and oxygen atoms in total. The molecular formula is C19H21N3O2. The Balaban J connectivity index is 1.58. The van der Waals surface area contributed by atoms with Gasteiger partial charge >= 0.3 is 11.8 Å². The Bertz CT molecular complexity index is 759. The van der Waals surface area contributed by atoms with Crippen LogP contribution in [-0.2, 0) is 9.59 Å². The van der Waals surface area contributed by atoms with Crippen LogP contribution in [0.5, 0.6) is 0 Å². The lowest BCUT2D eigenvalue weighted by atomic mass is 9.95. The predicted octanol–water partition coefficient (Wildman–Crippen LogP) is 2.74. The maximum Gasteiger partial charge on any atom is 0.329 e. The van der Waals surface area contributed by atoms with E-state index in [1.54, 1.807) is 6.21 Å². The number of hydrazone groups is 1. The van der Waals surface area contributed by atoms with Crippen LogP contribution in [0.15, 0.2) is 47.6 Å². The van der Waals surface area contributed by atoms with Gasteiger partial charge in [0, 0.05) is 11.6 Å². The molecule has 2 N–H and O–H groups in total. The van der Waals surface area contributed by atoms with Gasteiger partial charge in [-0.3, -0.25) is 9.59 Å². The highest BCUT2D eigenvalue weighted by atomic mass is 16.2. The first-order chi connectivity index (χ1) is 11.7. The fourth-order valence-corrected chi connectivity index (χ4v) is 3.07. The lowest BCUT2D eigenvalue weighted by Crippen LogP contribution is -2.44. The van der Waals surface area contributed by atoms with Crippen molar-refractivity contribution in [2.75, 3.05) is 0 Å². The lowest BCUT2D eigenvalue weighted by Gasteiger charge is -2.22. The Kier molecular flexibility index (Phi) is 5.21. The lowest BCUT2D eigenvalue weighted by molar-refractivity contribution is -0.139. The quantitative estimate of drug-likeness (QED) is 0.518. The number of benzene rings is 2. The maximum atomic E-state index is 11.9. The Morgan fingerprint density at radius 3 is 2.54 bits per heavy atom. The van der Waals surface area contributed by atoms with Crippen LogP contribution in [0.1, 0.15) is 37.7 Å². The number of fused-ring (bicyclic) bond motifs is 1. The molecule has 3 rings (SSSR count). The van der Waals surface area contributed by atoms with Gasteiger partial charge < -0.3 is 5.32 Å². The van der Waals surface area contributed by atoms with Crippen LogP contribution in [0, 0.1) is 0 Å². The van der Waals surface area contributed by atoms with Crippen LogP contribution in [0.25, 0.3) is 10.8 Å². The van der Waals surface area contributed by atoms with Crippen molar-refractivity contribution in [2.24, 2.45) is 5.10 Å². The minimum atomic E-state index is -0.725. The average Bonchev–Trinajstić information content (AvgIpc) is 2.62. The number of nitrogens with zero attached hydrogens (tertiary/aromatic N) is 1. The van der Waals surface area contributed by atoms with E-state index in [-0.39, 0.29) is 6.04 Å². The fraction of sp³-hybridized carbons (Fsp3) is 0.316. The maximum absolute atomic E-state index is 11.9.